The second-order valence-corrected chi connectivity index (χ2v) is 3.77. The van der Waals surface area contributed by atoms with Crippen LogP contribution in [-0.2, 0) is 20.7 Å². The van der Waals surface area contributed by atoms with Gasteiger partial charge in [0.1, 0.15) is 6.04 Å². The predicted molar refractivity (Wildman–Crippen MR) is 67.8 cm³/mol. The number of nitrogens with two attached hydrogens (primary N) is 1. The summed E-state index contributed by atoms with van der Waals surface area (Å²) in [6.07, 6.45) is 0.394. The molecular formula is C13H18N2O3. The molecule has 0 aromatic heterocycles. The van der Waals surface area contributed by atoms with Crippen molar-refractivity contribution in [2.45, 2.75) is 19.4 Å². The predicted octanol–water partition coefficient (Wildman–Crippen LogP) is 0.236. The lowest BCUT2D eigenvalue weighted by Gasteiger charge is -2.16. The molecule has 1 aromatic rings. The molecule has 0 spiro atoms. The number of nitrogens with one attached hydrogen (secondary N) is 1. The molecule has 0 fully saturated rings. The monoisotopic (exact) mass is 250 g/mol. The summed E-state index contributed by atoms with van der Waals surface area (Å²) in [4.78, 5) is 23.0. The van der Waals surface area contributed by atoms with Gasteiger partial charge in [-0.1, -0.05) is 30.3 Å². The molecule has 5 heteroatoms. The first-order valence-electron chi connectivity index (χ1n) is 5.87. The van der Waals surface area contributed by atoms with E-state index in [1.54, 1.807) is 6.92 Å². The van der Waals surface area contributed by atoms with Crippen molar-refractivity contribution in [3.8, 4) is 0 Å². The van der Waals surface area contributed by atoms with Crippen LogP contribution < -0.4 is 11.1 Å². The number of hydrogen-bond donors (Lipinski definition) is 2. The van der Waals surface area contributed by atoms with Gasteiger partial charge in [0.2, 0.25) is 5.91 Å². The summed E-state index contributed by atoms with van der Waals surface area (Å²) in [6, 6.07) is 8.73. The second kappa shape index (κ2) is 7.45. The van der Waals surface area contributed by atoms with Crippen LogP contribution in [0.15, 0.2) is 30.3 Å². The van der Waals surface area contributed by atoms with Gasteiger partial charge in [0.05, 0.1) is 13.2 Å². The number of carbonyl (C=O) groups excluding carboxylic acids is 2. The third-order valence-electron chi connectivity index (χ3n) is 2.37. The number of hydrogen-bond acceptors (Lipinski definition) is 4. The average molecular weight is 250 g/mol. The summed E-state index contributed by atoms with van der Waals surface area (Å²) in [7, 11) is 0. The van der Waals surface area contributed by atoms with Crippen LogP contribution in [0.25, 0.3) is 0 Å². The zero-order chi connectivity index (χ0) is 13.4. The molecule has 1 rings (SSSR count). The van der Waals surface area contributed by atoms with Crippen molar-refractivity contribution >= 4 is 11.9 Å². The van der Waals surface area contributed by atoms with E-state index >= 15 is 0 Å². The van der Waals surface area contributed by atoms with Crippen molar-refractivity contribution < 1.29 is 14.3 Å². The number of amides is 1. The van der Waals surface area contributed by atoms with Crippen LogP contribution in [0.5, 0.6) is 0 Å². The first-order valence-corrected chi connectivity index (χ1v) is 5.87. The van der Waals surface area contributed by atoms with E-state index in [4.69, 9.17) is 10.5 Å². The van der Waals surface area contributed by atoms with Gasteiger partial charge in [-0.05, 0) is 12.5 Å². The lowest BCUT2D eigenvalue weighted by atomic mass is 10.1. The summed E-state index contributed by atoms with van der Waals surface area (Å²) in [6.45, 7) is 1.86. The minimum absolute atomic E-state index is 0.148. The van der Waals surface area contributed by atoms with Gasteiger partial charge in [-0.3, -0.25) is 4.79 Å². The largest absolute Gasteiger partial charge is 0.464 e. The third-order valence-corrected chi connectivity index (χ3v) is 2.37. The Labute approximate surface area is 106 Å². The van der Waals surface area contributed by atoms with Crippen molar-refractivity contribution in [2.75, 3.05) is 13.2 Å². The van der Waals surface area contributed by atoms with Crippen molar-refractivity contribution in [3.63, 3.8) is 0 Å². The first-order chi connectivity index (χ1) is 8.67. The highest BCUT2D eigenvalue weighted by molar-refractivity contribution is 5.85. The first kappa shape index (κ1) is 14.2. The highest BCUT2D eigenvalue weighted by Crippen LogP contribution is 2.04. The number of carbonyl (C=O) groups is 2. The fourth-order valence-corrected chi connectivity index (χ4v) is 1.54. The molecule has 0 saturated heterocycles. The lowest BCUT2D eigenvalue weighted by molar-refractivity contribution is -0.147. The van der Waals surface area contributed by atoms with Crippen LogP contribution in [-0.4, -0.2) is 31.1 Å². The van der Waals surface area contributed by atoms with Crippen molar-refractivity contribution in [1.82, 2.24) is 5.32 Å². The van der Waals surface area contributed by atoms with E-state index in [0.717, 1.165) is 5.56 Å². The molecule has 0 aliphatic carbocycles. The normalized spacial score (nSPS) is 11.7. The number of esters is 1. The zero-order valence-corrected chi connectivity index (χ0v) is 10.4. The minimum Gasteiger partial charge on any atom is -0.464 e. The number of rotatable bonds is 6. The van der Waals surface area contributed by atoms with Gasteiger partial charge >= 0.3 is 5.97 Å². The van der Waals surface area contributed by atoms with Crippen LogP contribution >= 0.6 is 0 Å². The van der Waals surface area contributed by atoms with Crippen LogP contribution in [0.1, 0.15) is 12.5 Å². The average Bonchev–Trinajstić information content (AvgIpc) is 2.39. The van der Waals surface area contributed by atoms with Crippen LogP contribution in [0, 0.1) is 0 Å². The van der Waals surface area contributed by atoms with Gasteiger partial charge in [0.25, 0.3) is 0 Å². The standard InChI is InChI=1S/C13H18N2O3/c1-2-18-13(17)11(15-12(16)9-14)8-10-6-4-3-5-7-10/h3-7,11H,2,8-9,14H2,1H3,(H,15,16). The van der Waals surface area contributed by atoms with Gasteiger partial charge < -0.3 is 15.8 Å². The molecule has 0 bridgehead atoms. The molecule has 1 aromatic carbocycles. The van der Waals surface area contributed by atoms with Gasteiger partial charge in [0, 0.05) is 6.42 Å². The summed E-state index contributed by atoms with van der Waals surface area (Å²) in [5.74, 6) is -0.813. The Morgan fingerprint density at radius 2 is 2.00 bits per heavy atom. The van der Waals surface area contributed by atoms with Gasteiger partial charge in [-0.2, -0.15) is 0 Å². The fraction of sp³-hybridized carbons (Fsp3) is 0.385. The Hall–Kier alpha value is -1.88. The van der Waals surface area contributed by atoms with E-state index in [1.807, 2.05) is 30.3 Å². The summed E-state index contributed by atoms with van der Waals surface area (Å²) in [5.41, 5.74) is 6.18. The van der Waals surface area contributed by atoms with Crippen molar-refractivity contribution in [3.05, 3.63) is 35.9 Å². The van der Waals surface area contributed by atoms with Crippen molar-refractivity contribution in [2.24, 2.45) is 5.73 Å². The van der Waals surface area contributed by atoms with Crippen LogP contribution in [0.2, 0.25) is 0 Å². The Bertz CT molecular complexity index is 392. The highest BCUT2D eigenvalue weighted by atomic mass is 16.5. The van der Waals surface area contributed by atoms with Crippen molar-refractivity contribution in [1.29, 1.82) is 0 Å². The Balaban J connectivity index is 2.71. The van der Waals surface area contributed by atoms with E-state index in [0.29, 0.717) is 6.42 Å². The van der Waals surface area contributed by atoms with Crippen LogP contribution in [0.3, 0.4) is 0 Å². The molecule has 1 unspecified atom stereocenters. The topological polar surface area (TPSA) is 81.4 Å². The maximum Gasteiger partial charge on any atom is 0.328 e. The fourth-order valence-electron chi connectivity index (χ4n) is 1.54. The molecule has 0 heterocycles. The summed E-state index contributed by atoms with van der Waals surface area (Å²) >= 11 is 0. The van der Waals surface area contributed by atoms with E-state index in [-0.39, 0.29) is 19.1 Å². The Morgan fingerprint density at radius 1 is 1.33 bits per heavy atom. The molecule has 1 amide bonds. The number of benzene rings is 1. The second-order valence-electron chi connectivity index (χ2n) is 3.77. The highest BCUT2D eigenvalue weighted by Gasteiger charge is 2.21. The third kappa shape index (κ3) is 4.55. The molecule has 5 nitrogen and oxygen atoms in total. The van der Waals surface area contributed by atoms with E-state index in [2.05, 4.69) is 5.32 Å². The summed E-state index contributed by atoms with van der Waals surface area (Å²) < 4.78 is 4.93. The molecule has 98 valence electrons. The smallest absolute Gasteiger partial charge is 0.328 e. The molecule has 1 atom stereocenters. The molecule has 0 saturated carbocycles. The molecule has 3 N–H and O–H groups in total. The Morgan fingerprint density at radius 3 is 2.56 bits per heavy atom. The molecule has 0 aliphatic rings. The summed E-state index contributed by atoms with van der Waals surface area (Å²) in [5, 5.41) is 2.56. The zero-order valence-electron chi connectivity index (χ0n) is 10.4. The maximum absolute atomic E-state index is 11.7. The SMILES string of the molecule is CCOC(=O)C(Cc1ccccc1)NC(=O)CN. The Kier molecular flexibility index (Phi) is 5.87. The quantitative estimate of drug-likeness (QED) is 0.708. The van der Waals surface area contributed by atoms with E-state index in [1.165, 1.54) is 0 Å². The van der Waals surface area contributed by atoms with Gasteiger partial charge in [-0.25, -0.2) is 4.79 Å². The molecular weight excluding hydrogens is 232 g/mol. The molecule has 0 radical (unpaired) electrons. The maximum atomic E-state index is 11.7. The molecule has 18 heavy (non-hydrogen) atoms. The lowest BCUT2D eigenvalue weighted by Crippen LogP contribution is -2.45. The minimum atomic E-state index is -0.691. The van der Waals surface area contributed by atoms with Crippen LogP contribution in [0.4, 0.5) is 0 Å². The van der Waals surface area contributed by atoms with Gasteiger partial charge in [0.15, 0.2) is 0 Å². The number of ether oxygens (including phenoxy) is 1. The van der Waals surface area contributed by atoms with E-state index in [9.17, 15) is 9.59 Å². The molecule has 0 aliphatic heterocycles. The van der Waals surface area contributed by atoms with Gasteiger partial charge in [-0.15, -0.1) is 0 Å². The van der Waals surface area contributed by atoms with E-state index < -0.39 is 12.0 Å².